The van der Waals surface area contributed by atoms with Crippen LogP contribution in [0.4, 0.5) is 4.79 Å². The molecule has 1 rings (SSSR count). The first-order chi connectivity index (χ1) is 10.6. The molecule has 1 aromatic rings. The molecule has 0 saturated carbocycles. The molecule has 0 radical (unpaired) electrons. The van der Waals surface area contributed by atoms with E-state index in [4.69, 9.17) is 10.2 Å². The third-order valence-electron chi connectivity index (χ3n) is 2.87. The highest BCUT2D eigenvalue weighted by Gasteiger charge is 2.06. The second kappa shape index (κ2) is 10.3. The summed E-state index contributed by atoms with van der Waals surface area (Å²) in [6, 6.07) is 2.95. The number of hydrogen-bond donors (Lipinski definition) is 4. The monoisotopic (exact) mass is 310 g/mol. The van der Waals surface area contributed by atoms with Crippen LogP contribution in [-0.4, -0.2) is 30.9 Å². The Morgan fingerprint density at radius 2 is 1.86 bits per heavy atom. The van der Waals surface area contributed by atoms with Crippen molar-refractivity contribution in [3.05, 3.63) is 24.2 Å². The molecule has 0 unspecified atom stereocenters. The number of amides is 4. The van der Waals surface area contributed by atoms with E-state index in [-0.39, 0.29) is 18.4 Å². The Kier molecular flexibility index (Phi) is 8.17. The van der Waals surface area contributed by atoms with Gasteiger partial charge < -0.3 is 26.1 Å². The van der Waals surface area contributed by atoms with Gasteiger partial charge in [-0.3, -0.25) is 9.59 Å². The van der Waals surface area contributed by atoms with Gasteiger partial charge in [-0.2, -0.15) is 0 Å². The summed E-state index contributed by atoms with van der Waals surface area (Å²) in [6.45, 7) is 0.753. The van der Waals surface area contributed by atoms with Crippen molar-refractivity contribution in [3.8, 4) is 0 Å². The van der Waals surface area contributed by atoms with E-state index in [0.717, 1.165) is 12.8 Å². The number of hydrogen-bond acceptors (Lipinski definition) is 4. The molecule has 0 aliphatic rings. The number of nitrogens with one attached hydrogen (secondary N) is 3. The largest absolute Gasteiger partial charge is 0.467 e. The van der Waals surface area contributed by atoms with Crippen molar-refractivity contribution >= 4 is 17.8 Å². The predicted octanol–water partition coefficient (Wildman–Crippen LogP) is 0.241. The van der Waals surface area contributed by atoms with Crippen molar-refractivity contribution in [3.63, 3.8) is 0 Å². The summed E-state index contributed by atoms with van der Waals surface area (Å²) in [5, 5.41) is 7.66. The molecule has 5 N–H and O–H groups in total. The van der Waals surface area contributed by atoms with Crippen LogP contribution in [0.1, 0.15) is 31.4 Å². The lowest BCUT2D eigenvalue weighted by atomic mass is 10.2. The molecular formula is C14H22N4O4. The smallest absolute Gasteiger partial charge is 0.312 e. The number of furan rings is 1. The van der Waals surface area contributed by atoms with Crippen LogP contribution in [0, 0.1) is 0 Å². The minimum atomic E-state index is -0.543. The molecule has 0 fully saturated rings. The lowest BCUT2D eigenvalue weighted by Gasteiger charge is -2.06. The van der Waals surface area contributed by atoms with Crippen LogP contribution in [0.15, 0.2) is 22.8 Å². The number of carbonyl (C=O) groups excluding carboxylic acids is 3. The van der Waals surface area contributed by atoms with Crippen molar-refractivity contribution in [1.82, 2.24) is 16.0 Å². The van der Waals surface area contributed by atoms with Gasteiger partial charge in [-0.15, -0.1) is 0 Å². The van der Waals surface area contributed by atoms with Gasteiger partial charge in [0.05, 0.1) is 19.4 Å². The van der Waals surface area contributed by atoms with E-state index in [9.17, 15) is 14.4 Å². The summed E-state index contributed by atoms with van der Waals surface area (Å²) in [5.74, 6) is 0.218. The highest BCUT2D eigenvalue weighted by molar-refractivity contribution is 5.84. The highest BCUT2D eigenvalue weighted by atomic mass is 16.3. The molecule has 0 aliphatic heterocycles. The third-order valence-corrected chi connectivity index (χ3v) is 2.87. The first kappa shape index (κ1) is 17.5. The zero-order valence-corrected chi connectivity index (χ0v) is 12.4. The normalized spacial score (nSPS) is 10.0. The Morgan fingerprint density at radius 1 is 1.05 bits per heavy atom. The molecular weight excluding hydrogens is 288 g/mol. The molecule has 0 spiro atoms. The van der Waals surface area contributed by atoms with Gasteiger partial charge in [0.2, 0.25) is 11.8 Å². The van der Waals surface area contributed by atoms with Crippen LogP contribution in [0.2, 0.25) is 0 Å². The van der Waals surface area contributed by atoms with Crippen molar-refractivity contribution in [2.24, 2.45) is 5.73 Å². The van der Waals surface area contributed by atoms with E-state index in [2.05, 4.69) is 16.0 Å². The number of rotatable bonds is 10. The molecule has 0 saturated heterocycles. The maximum atomic E-state index is 11.5. The average Bonchev–Trinajstić information content (AvgIpc) is 2.99. The molecule has 0 atom stereocenters. The van der Waals surface area contributed by atoms with E-state index in [1.54, 1.807) is 12.1 Å². The number of primary amides is 1. The van der Waals surface area contributed by atoms with Gasteiger partial charge in [0.25, 0.3) is 0 Å². The molecule has 8 heteroatoms. The van der Waals surface area contributed by atoms with Crippen molar-refractivity contribution in [1.29, 1.82) is 0 Å². The van der Waals surface area contributed by atoms with Gasteiger partial charge in [0.15, 0.2) is 0 Å². The molecule has 0 aromatic carbocycles. The fourth-order valence-electron chi connectivity index (χ4n) is 1.73. The molecule has 0 bridgehead atoms. The molecule has 122 valence electrons. The van der Waals surface area contributed by atoms with E-state index < -0.39 is 6.03 Å². The molecule has 22 heavy (non-hydrogen) atoms. The Morgan fingerprint density at radius 3 is 2.55 bits per heavy atom. The molecule has 0 aliphatic carbocycles. The zero-order chi connectivity index (χ0) is 16.2. The van der Waals surface area contributed by atoms with E-state index >= 15 is 0 Å². The Hall–Kier alpha value is -2.51. The van der Waals surface area contributed by atoms with Gasteiger partial charge in [-0.05, 0) is 25.0 Å². The summed E-state index contributed by atoms with van der Waals surface area (Å²) in [6.07, 6.45) is 4.14. The molecule has 1 heterocycles. The van der Waals surface area contributed by atoms with Gasteiger partial charge in [0.1, 0.15) is 5.76 Å². The first-order valence-electron chi connectivity index (χ1n) is 7.17. The van der Waals surface area contributed by atoms with Crippen LogP contribution in [0.5, 0.6) is 0 Å². The van der Waals surface area contributed by atoms with E-state index in [1.165, 1.54) is 6.26 Å². The quantitative estimate of drug-likeness (QED) is 0.462. The van der Waals surface area contributed by atoms with Crippen LogP contribution in [0.25, 0.3) is 0 Å². The summed E-state index contributed by atoms with van der Waals surface area (Å²) < 4.78 is 5.07. The van der Waals surface area contributed by atoms with Crippen LogP contribution in [0.3, 0.4) is 0 Å². The average molecular weight is 310 g/mol. The molecule has 4 amide bonds. The third kappa shape index (κ3) is 8.62. The minimum absolute atomic E-state index is 0.0528. The Bertz CT molecular complexity index is 473. The second-order valence-electron chi connectivity index (χ2n) is 4.73. The van der Waals surface area contributed by atoms with Gasteiger partial charge in [-0.25, -0.2) is 4.79 Å². The Labute approximate surface area is 128 Å². The van der Waals surface area contributed by atoms with Crippen molar-refractivity contribution < 1.29 is 18.8 Å². The summed E-state index contributed by atoms with van der Waals surface area (Å²) in [7, 11) is 0. The highest BCUT2D eigenvalue weighted by Crippen LogP contribution is 1.99. The number of nitrogens with two attached hydrogens (primary N) is 1. The van der Waals surface area contributed by atoms with Crippen molar-refractivity contribution in [2.75, 3.05) is 13.1 Å². The van der Waals surface area contributed by atoms with Crippen LogP contribution >= 0.6 is 0 Å². The zero-order valence-electron chi connectivity index (χ0n) is 12.4. The second-order valence-corrected chi connectivity index (χ2v) is 4.73. The number of carbonyl (C=O) groups is 3. The SMILES string of the molecule is NC(=O)NCCCCCC(=O)NCC(=O)NCc1ccco1. The minimum Gasteiger partial charge on any atom is -0.467 e. The molecule has 8 nitrogen and oxygen atoms in total. The maximum absolute atomic E-state index is 11.5. The van der Waals surface area contributed by atoms with Gasteiger partial charge >= 0.3 is 6.03 Å². The van der Waals surface area contributed by atoms with Crippen LogP contribution in [-0.2, 0) is 16.1 Å². The Balaban J connectivity index is 1.98. The lowest BCUT2D eigenvalue weighted by molar-refractivity contribution is -0.126. The van der Waals surface area contributed by atoms with Crippen molar-refractivity contribution in [2.45, 2.75) is 32.2 Å². The fraction of sp³-hybridized carbons (Fsp3) is 0.500. The van der Waals surface area contributed by atoms with Gasteiger partial charge in [-0.1, -0.05) is 6.42 Å². The summed E-state index contributed by atoms with van der Waals surface area (Å²) in [5.41, 5.74) is 4.92. The number of urea groups is 1. The summed E-state index contributed by atoms with van der Waals surface area (Å²) in [4.78, 5) is 33.4. The molecule has 1 aromatic heterocycles. The predicted molar refractivity (Wildman–Crippen MR) is 79.6 cm³/mol. The first-order valence-corrected chi connectivity index (χ1v) is 7.17. The maximum Gasteiger partial charge on any atom is 0.312 e. The van der Waals surface area contributed by atoms with E-state index in [0.29, 0.717) is 31.7 Å². The summed E-state index contributed by atoms with van der Waals surface area (Å²) >= 11 is 0. The standard InChI is InChI=1S/C14H22N4O4/c15-14(21)16-7-3-1-2-6-12(19)18-10-13(20)17-9-11-5-4-8-22-11/h4-5,8H,1-3,6-7,9-10H2,(H,17,20)(H,18,19)(H3,15,16,21). The van der Waals surface area contributed by atoms with Crippen LogP contribution < -0.4 is 21.7 Å². The van der Waals surface area contributed by atoms with Gasteiger partial charge in [0, 0.05) is 13.0 Å². The lowest BCUT2D eigenvalue weighted by Crippen LogP contribution is -2.36. The topological polar surface area (TPSA) is 126 Å². The van der Waals surface area contributed by atoms with E-state index in [1.807, 2.05) is 0 Å². The number of unbranched alkanes of at least 4 members (excludes halogenated alkanes) is 2. The fourth-order valence-corrected chi connectivity index (χ4v) is 1.73.